The quantitative estimate of drug-likeness (QED) is 0.941. The van der Waals surface area contributed by atoms with Crippen LogP contribution in [0.25, 0.3) is 10.9 Å². The Labute approximate surface area is 142 Å². The van der Waals surface area contributed by atoms with Gasteiger partial charge in [-0.05, 0) is 56.9 Å². The summed E-state index contributed by atoms with van der Waals surface area (Å²) < 4.78 is 5.29. The molecule has 1 aliphatic rings. The van der Waals surface area contributed by atoms with Gasteiger partial charge in [0.2, 0.25) is 0 Å². The average molecular weight is 328 g/mol. The minimum absolute atomic E-state index is 0.0304. The molecular formula is C19H24N2O3. The molecule has 0 spiro atoms. The normalized spacial score (nSPS) is 17.1. The van der Waals surface area contributed by atoms with Gasteiger partial charge < -0.3 is 14.7 Å². The van der Waals surface area contributed by atoms with E-state index in [0.29, 0.717) is 18.7 Å². The number of likely N-dealkylation sites (tertiary alicyclic amines) is 1. The molecule has 128 valence electrons. The lowest BCUT2D eigenvalue weighted by molar-refractivity contribution is 0.0523. The van der Waals surface area contributed by atoms with Gasteiger partial charge in [0.1, 0.15) is 5.75 Å². The van der Waals surface area contributed by atoms with Crippen LogP contribution in [0.2, 0.25) is 0 Å². The third-order valence-electron chi connectivity index (χ3n) is 4.88. The number of pyridine rings is 1. The van der Waals surface area contributed by atoms with Crippen LogP contribution in [-0.2, 0) is 0 Å². The van der Waals surface area contributed by atoms with E-state index in [0.717, 1.165) is 35.2 Å². The van der Waals surface area contributed by atoms with E-state index in [9.17, 15) is 9.90 Å². The number of aliphatic hydroxyl groups is 1. The molecule has 1 aliphatic heterocycles. The summed E-state index contributed by atoms with van der Waals surface area (Å²) >= 11 is 0. The Kier molecular flexibility index (Phi) is 4.71. The molecule has 5 heteroatoms. The smallest absolute Gasteiger partial charge is 0.254 e. The molecular weight excluding hydrogens is 304 g/mol. The van der Waals surface area contributed by atoms with Gasteiger partial charge in [-0.25, -0.2) is 0 Å². The van der Waals surface area contributed by atoms with Crippen LogP contribution in [0.3, 0.4) is 0 Å². The van der Waals surface area contributed by atoms with E-state index in [1.165, 1.54) is 0 Å². The lowest BCUT2D eigenvalue weighted by Crippen LogP contribution is -2.40. The maximum absolute atomic E-state index is 13.0. The summed E-state index contributed by atoms with van der Waals surface area (Å²) in [6.45, 7) is 5.09. The monoisotopic (exact) mass is 328 g/mol. The van der Waals surface area contributed by atoms with Crippen molar-refractivity contribution in [2.45, 2.75) is 32.8 Å². The first kappa shape index (κ1) is 16.7. The highest BCUT2D eigenvalue weighted by atomic mass is 16.5. The van der Waals surface area contributed by atoms with Gasteiger partial charge >= 0.3 is 0 Å². The van der Waals surface area contributed by atoms with Gasteiger partial charge in [-0.15, -0.1) is 0 Å². The van der Waals surface area contributed by atoms with Crippen LogP contribution in [0.15, 0.2) is 24.3 Å². The molecule has 1 saturated heterocycles. The molecule has 5 nitrogen and oxygen atoms in total. The molecule has 0 aliphatic carbocycles. The van der Waals surface area contributed by atoms with Crippen LogP contribution in [0.5, 0.6) is 5.75 Å². The van der Waals surface area contributed by atoms with Crippen molar-refractivity contribution in [3.05, 3.63) is 35.5 Å². The zero-order chi connectivity index (χ0) is 17.3. The number of rotatable bonds is 3. The summed E-state index contributed by atoms with van der Waals surface area (Å²) in [5.41, 5.74) is 2.31. The van der Waals surface area contributed by atoms with Gasteiger partial charge in [0.05, 0.1) is 24.3 Å². The minimum Gasteiger partial charge on any atom is -0.497 e. The summed E-state index contributed by atoms with van der Waals surface area (Å²) in [4.78, 5) is 19.4. The third-order valence-corrected chi connectivity index (χ3v) is 4.88. The van der Waals surface area contributed by atoms with Crippen molar-refractivity contribution in [1.82, 2.24) is 9.88 Å². The Hall–Kier alpha value is -2.14. The predicted molar refractivity (Wildman–Crippen MR) is 93.3 cm³/mol. The molecule has 2 aromatic rings. The molecule has 1 fully saturated rings. The zero-order valence-corrected chi connectivity index (χ0v) is 14.5. The number of nitrogens with zero attached hydrogens (tertiary/aromatic N) is 2. The number of carbonyl (C=O) groups is 1. The number of ether oxygens (including phenoxy) is 1. The first-order valence-electron chi connectivity index (χ1n) is 8.42. The highest BCUT2D eigenvalue weighted by Crippen LogP contribution is 2.27. The van der Waals surface area contributed by atoms with Crippen LogP contribution < -0.4 is 4.74 Å². The second-order valence-electron chi connectivity index (χ2n) is 6.56. The maximum atomic E-state index is 13.0. The molecule has 1 unspecified atom stereocenters. The highest BCUT2D eigenvalue weighted by molar-refractivity contribution is 6.06. The van der Waals surface area contributed by atoms with Crippen LogP contribution in [0.4, 0.5) is 0 Å². The number of piperidine rings is 1. The first-order chi connectivity index (χ1) is 11.5. The topological polar surface area (TPSA) is 62.7 Å². The van der Waals surface area contributed by atoms with Crippen molar-refractivity contribution >= 4 is 16.8 Å². The Morgan fingerprint density at radius 1 is 1.33 bits per heavy atom. The summed E-state index contributed by atoms with van der Waals surface area (Å²) in [7, 11) is 1.62. The molecule has 1 N–H and O–H groups in total. The predicted octanol–water partition coefficient (Wildman–Crippen LogP) is 2.78. The number of hydrogen-bond acceptors (Lipinski definition) is 4. The van der Waals surface area contributed by atoms with E-state index >= 15 is 0 Å². The van der Waals surface area contributed by atoms with E-state index in [2.05, 4.69) is 4.98 Å². The Morgan fingerprint density at radius 2 is 2.04 bits per heavy atom. The second kappa shape index (κ2) is 6.77. The van der Waals surface area contributed by atoms with Crippen LogP contribution in [0.1, 0.15) is 35.8 Å². The Balaban J connectivity index is 1.92. The standard InChI is InChI=1S/C19H24N2O3/c1-12-10-17(16-11-15(24-3)4-5-18(16)20-12)19(23)21-8-6-14(7-9-21)13(2)22/h4-5,10-11,13-14,22H,6-9H2,1-3H3. The molecule has 1 aromatic carbocycles. The molecule has 2 heterocycles. The number of fused-ring (bicyclic) bond motifs is 1. The van der Waals surface area contributed by atoms with Gasteiger partial charge in [0.15, 0.2) is 0 Å². The summed E-state index contributed by atoms with van der Waals surface area (Å²) in [5, 5.41) is 10.6. The number of methoxy groups -OCH3 is 1. The second-order valence-corrected chi connectivity index (χ2v) is 6.56. The van der Waals surface area contributed by atoms with Crippen molar-refractivity contribution in [2.75, 3.05) is 20.2 Å². The average Bonchev–Trinajstić information content (AvgIpc) is 2.60. The lowest BCUT2D eigenvalue weighted by Gasteiger charge is -2.33. The Bertz CT molecular complexity index is 750. The SMILES string of the molecule is COc1ccc2nc(C)cc(C(=O)N3CCC(C(C)O)CC3)c2c1. The fourth-order valence-corrected chi connectivity index (χ4v) is 3.40. The molecule has 1 aromatic heterocycles. The number of aryl methyl sites for hydroxylation is 1. The van der Waals surface area contributed by atoms with Gasteiger partial charge in [0, 0.05) is 24.2 Å². The van der Waals surface area contributed by atoms with E-state index in [1.54, 1.807) is 7.11 Å². The van der Waals surface area contributed by atoms with Gasteiger partial charge in [-0.2, -0.15) is 0 Å². The molecule has 1 amide bonds. The van der Waals surface area contributed by atoms with Crippen molar-refractivity contribution in [3.63, 3.8) is 0 Å². The largest absolute Gasteiger partial charge is 0.497 e. The summed E-state index contributed by atoms with van der Waals surface area (Å²) in [6, 6.07) is 7.47. The van der Waals surface area contributed by atoms with Crippen molar-refractivity contribution in [1.29, 1.82) is 0 Å². The molecule has 3 rings (SSSR count). The minimum atomic E-state index is -0.310. The highest BCUT2D eigenvalue weighted by Gasteiger charge is 2.27. The molecule has 0 radical (unpaired) electrons. The third kappa shape index (κ3) is 3.22. The van der Waals surface area contributed by atoms with Crippen LogP contribution >= 0.6 is 0 Å². The van der Waals surface area contributed by atoms with Gasteiger partial charge in [-0.1, -0.05) is 0 Å². The number of aromatic nitrogens is 1. The van der Waals surface area contributed by atoms with Gasteiger partial charge in [0.25, 0.3) is 5.91 Å². The fraction of sp³-hybridized carbons (Fsp3) is 0.474. The molecule has 1 atom stereocenters. The van der Waals surface area contributed by atoms with Gasteiger partial charge in [-0.3, -0.25) is 9.78 Å². The molecule has 24 heavy (non-hydrogen) atoms. The lowest BCUT2D eigenvalue weighted by atomic mass is 9.91. The fourth-order valence-electron chi connectivity index (χ4n) is 3.40. The number of hydrogen-bond donors (Lipinski definition) is 1. The molecule has 0 bridgehead atoms. The molecule has 0 saturated carbocycles. The van der Waals surface area contributed by atoms with E-state index in [-0.39, 0.29) is 17.9 Å². The first-order valence-corrected chi connectivity index (χ1v) is 8.42. The number of carbonyl (C=O) groups excluding carboxylic acids is 1. The van der Waals surface area contributed by atoms with E-state index in [1.807, 2.05) is 43.0 Å². The Morgan fingerprint density at radius 3 is 2.67 bits per heavy atom. The summed E-state index contributed by atoms with van der Waals surface area (Å²) in [6.07, 6.45) is 1.37. The zero-order valence-electron chi connectivity index (χ0n) is 14.5. The van der Waals surface area contributed by atoms with Crippen molar-refractivity contribution in [3.8, 4) is 5.75 Å². The van der Waals surface area contributed by atoms with Crippen molar-refractivity contribution < 1.29 is 14.6 Å². The van der Waals surface area contributed by atoms with Crippen molar-refractivity contribution in [2.24, 2.45) is 5.92 Å². The number of benzene rings is 1. The van der Waals surface area contributed by atoms with Crippen LogP contribution in [-0.4, -0.2) is 47.2 Å². The number of amides is 1. The van der Waals surface area contributed by atoms with E-state index in [4.69, 9.17) is 4.74 Å². The maximum Gasteiger partial charge on any atom is 0.254 e. The van der Waals surface area contributed by atoms with E-state index < -0.39 is 0 Å². The number of aliphatic hydroxyl groups excluding tert-OH is 1. The van der Waals surface area contributed by atoms with Crippen LogP contribution in [0, 0.1) is 12.8 Å². The summed E-state index contributed by atoms with van der Waals surface area (Å²) in [5.74, 6) is 1.03.